The highest BCUT2D eigenvalue weighted by Crippen LogP contribution is 2.26. The van der Waals surface area contributed by atoms with Gasteiger partial charge < -0.3 is 5.11 Å². The number of nitrogens with zero attached hydrogens (tertiary/aromatic N) is 2. The first-order valence-electron chi connectivity index (χ1n) is 6.71. The van der Waals surface area contributed by atoms with Crippen molar-refractivity contribution in [2.24, 2.45) is 0 Å². The van der Waals surface area contributed by atoms with E-state index in [-0.39, 0.29) is 11.4 Å². The van der Waals surface area contributed by atoms with Crippen molar-refractivity contribution in [2.45, 2.75) is 6.92 Å². The van der Waals surface area contributed by atoms with E-state index in [2.05, 4.69) is 5.10 Å². The molecule has 0 bridgehead atoms. The summed E-state index contributed by atoms with van der Waals surface area (Å²) >= 11 is 0. The van der Waals surface area contributed by atoms with Gasteiger partial charge in [0.05, 0.1) is 23.1 Å². The van der Waals surface area contributed by atoms with Gasteiger partial charge in [-0.05, 0) is 48.9 Å². The molecular weight excluding hydrogens is 283 g/mol. The summed E-state index contributed by atoms with van der Waals surface area (Å²) in [7, 11) is 0. The van der Waals surface area contributed by atoms with Crippen molar-refractivity contribution in [1.82, 2.24) is 9.78 Å². The molecule has 0 saturated heterocycles. The van der Waals surface area contributed by atoms with E-state index in [9.17, 15) is 14.3 Å². The fraction of sp³-hybridized carbons (Fsp3) is 0.0588. The Labute approximate surface area is 126 Å². The number of hydrogen-bond acceptors (Lipinski definition) is 2. The Morgan fingerprint density at radius 2 is 1.86 bits per heavy atom. The normalized spacial score (nSPS) is 10.6. The second-order valence-corrected chi connectivity index (χ2v) is 4.91. The molecule has 0 aliphatic rings. The lowest BCUT2D eigenvalue weighted by Gasteiger charge is -2.13. The molecule has 110 valence electrons. The summed E-state index contributed by atoms with van der Waals surface area (Å²) in [5.41, 5.74) is 2.95. The number of para-hydroxylation sites is 1. The lowest BCUT2D eigenvalue weighted by atomic mass is 10.1. The fourth-order valence-electron chi connectivity index (χ4n) is 2.43. The van der Waals surface area contributed by atoms with Gasteiger partial charge in [-0.1, -0.05) is 12.1 Å². The molecule has 4 nitrogen and oxygen atoms in total. The van der Waals surface area contributed by atoms with Crippen molar-refractivity contribution in [3.8, 4) is 16.9 Å². The topological polar surface area (TPSA) is 55.1 Å². The maximum atomic E-state index is 13.1. The standard InChI is InChI=1S/C17H13FN2O2/c1-11-3-2-4-14(17(21)22)16(11)20-15(9-10-19-20)12-5-7-13(18)8-6-12/h2-10H,1H3,(H,21,22). The van der Waals surface area contributed by atoms with Gasteiger partial charge >= 0.3 is 5.97 Å². The van der Waals surface area contributed by atoms with E-state index in [0.717, 1.165) is 11.1 Å². The summed E-state index contributed by atoms with van der Waals surface area (Å²) in [6.07, 6.45) is 1.59. The molecular formula is C17H13FN2O2. The molecule has 1 aromatic heterocycles. The Morgan fingerprint density at radius 1 is 1.14 bits per heavy atom. The molecule has 0 aliphatic carbocycles. The molecule has 3 rings (SSSR count). The van der Waals surface area contributed by atoms with E-state index in [1.807, 2.05) is 13.0 Å². The van der Waals surface area contributed by atoms with Crippen molar-refractivity contribution in [3.63, 3.8) is 0 Å². The summed E-state index contributed by atoms with van der Waals surface area (Å²) in [6.45, 7) is 1.83. The molecule has 5 heteroatoms. The summed E-state index contributed by atoms with van der Waals surface area (Å²) in [5.74, 6) is -1.34. The summed E-state index contributed by atoms with van der Waals surface area (Å²) in [5, 5.41) is 13.6. The molecule has 0 spiro atoms. The van der Waals surface area contributed by atoms with Gasteiger partial charge in [0.15, 0.2) is 0 Å². The third-order valence-electron chi connectivity index (χ3n) is 3.46. The number of carbonyl (C=O) groups is 1. The number of aryl methyl sites for hydroxylation is 1. The zero-order valence-corrected chi connectivity index (χ0v) is 11.8. The van der Waals surface area contributed by atoms with Gasteiger partial charge in [0.25, 0.3) is 0 Å². The molecule has 3 aromatic rings. The lowest BCUT2D eigenvalue weighted by Crippen LogP contribution is -2.09. The van der Waals surface area contributed by atoms with Gasteiger partial charge in [-0.2, -0.15) is 5.10 Å². The first-order valence-corrected chi connectivity index (χ1v) is 6.71. The monoisotopic (exact) mass is 296 g/mol. The Kier molecular flexibility index (Phi) is 3.47. The highest BCUT2D eigenvalue weighted by atomic mass is 19.1. The molecule has 0 fully saturated rings. The number of halogens is 1. The Bertz CT molecular complexity index is 838. The minimum Gasteiger partial charge on any atom is -0.478 e. The number of rotatable bonds is 3. The first kappa shape index (κ1) is 14.0. The van der Waals surface area contributed by atoms with Crippen molar-refractivity contribution in [3.05, 3.63) is 71.7 Å². The van der Waals surface area contributed by atoms with Gasteiger partial charge in [-0.15, -0.1) is 0 Å². The predicted octanol–water partition coefficient (Wildman–Crippen LogP) is 3.69. The van der Waals surface area contributed by atoms with Crippen molar-refractivity contribution < 1.29 is 14.3 Å². The van der Waals surface area contributed by atoms with Gasteiger partial charge in [-0.3, -0.25) is 0 Å². The molecule has 0 radical (unpaired) electrons. The fourth-order valence-corrected chi connectivity index (χ4v) is 2.43. The highest BCUT2D eigenvalue weighted by Gasteiger charge is 2.17. The molecule has 0 atom stereocenters. The van der Waals surface area contributed by atoms with Crippen LogP contribution in [0.15, 0.2) is 54.7 Å². The van der Waals surface area contributed by atoms with Gasteiger partial charge in [0.2, 0.25) is 0 Å². The third kappa shape index (κ3) is 2.37. The molecule has 0 aliphatic heterocycles. The van der Waals surface area contributed by atoms with Crippen LogP contribution in [0.4, 0.5) is 4.39 Å². The molecule has 1 N–H and O–H groups in total. The summed E-state index contributed by atoms with van der Waals surface area (Å²) in [4.78, 5) is 11.5. The van der Waals surface area contributed by atoms with Crippen LogP contribution < -0.4 is 0 Å². The molecule has 2 aromatic carbocycles. The molecule has 22 heavy (non-hydrogen) atoms. The van der Waals surface area contributed by atoms with Crippen LogP contribution in [0, 0.1) is 12.7 Å². The Balaban J connectivity index is 2.22. The largest absolute Gasteiger partial charge is 0.478 e. The Morgan fingerprint density at radius 3 is 2.55 bits per heavy atom. The average molecular weight is 296 g/mol. The number of carboxylic acid groups (broad SMARTS) is 1. The van der Waals surface area contributed by atoms with E-state index < -0.39 is 5.97 Å². The number of aromatic nitrogens is 2. The minimum absolute atomic E-state index is 0.173. The maximum Gasteiger partial charge on any atom is 0.337 e. The SMILES string of the molecule is Cc1cccc(C(=O)O)c1-n1nccc1-c1ccc(F)cc1. The van der Waals surface area contributed by atoms with Crippen LogP contribution >= 0.6 is 0 Å². The second kappa shape index (κ2) is 5.44. The number of carboxylic acids is 1. The van der Waals surface area contributed by atoms with Gasteiger partial charge in [0.1, 0.15) is 5.82 Å². The van der Waals surface area contributed by atoms with E-state index in [1.165, 1.54) is 12.1 Å². The zero-order valence-electron chi connectivity index (χ0n) is 11.8. The van der Waals surface area contributed by atoms with Crippen LogP contribution in [0.25, 0.3) is 16.9 Å². The van der Waals surface area contributed by atoms with Crippen LogP contribution in [0.2, 0.25) is 0 Å². The maximum absolute atomic E-state index is 13.1. The van der Waals surface area contributed by atoms with Crippen LogP contribution in [0.1, 0.15) is 15.9 Å². The van der Waals surface area contributed by atoms with E-state index >= 15 is 0 Å². The van der Waals surface area contributed by atoms with Gasteiger partial charge in [-0.25, -0.2) is 13.9 Å². The van der Waals surface area contributed by atoms with E-state index in [1.54, 1.807) is 41.2 Å². The van der Waals surface area contributed by atoms with Crippen LogP contribution in [0.3, 0.4) is 0 Å². The van der Waals surface area contributed by atoms with Crippen molar-refractivity contribution in [2.75, 3.05) is 0 Å². The predicted molar refractivity (Wildman–Crippen MR) is 80.7 cm³/mol. The van der Waals surface area contributed by atoms with Crippen LogP contribution in [-0.2, 0) is 0 Å². The molecule has 0 saturated carbocycles. The highest BCUT2D eigenvalue weighted by molar-refractivity contribution is 5.93. The summed E-state index contributed by atoms with van der Waals surface area (Å²) < 4.78 is 14.7. The third-order valence-corrected chi connectivity index (χ3v) is 3.46. The van der Waals surface area contributed by atoms with E-state index in [4.69, 9.17) is 0 Å². The molecule has 0 amide bonds. The van der Waals surface area contributed by atoms with Crippen LogP contribution in [-0.4, -0.2) is 20.9 Å². The number of aromatic carboxylic acids is 1. The number of hydrogen-bond donors (Lipinski definition) is 1. The van der Waals surface area contributed by atoms with Gasteiger partial charge in [0, 0.05) is 5.56 Å². The Hall–Kier alpha value is -2.95. The zero-order chi connectivity index (χ0) is 15.7. The number of benzene rings is 2. The smallest absolute Gasteiger partial charge is 0.337 e. The second-order valence-electron chi connectivity index (χ2n) is 4.91. The average Bonchev–Trinajstić information content (AvgIpc) is 2.96. The molecule has 1 heterocycles. The molecule has 0 unspecified atom stereocenters. The van der Waals surface area contributed by atoms with Crippen molar-refractivity contribution in [1.29, 1.82) is 0 Å². The van der Waals surface area contributed by atoms with E-state index in [0.29, 0.717) is 11.4 Å². The van der Waals surface area contributed by atoms with Crippen LogP contribution in [0.5, 0.6) is 0 Å². The first-order chi connectivity index (χ1) is 10.6. The lowest BCUT2D eigenvalue weighted by molar-refractivity contribution is 0.0696. The minimum atomic E-state index is -1.01. The van der Waals surface area contributed by atoms with Crippen molar-refractivity contribution >= 4 is 5.97 Å². The quantitative estimate of drug-likeness (QED) is 0.802. The summed E-state index contributed by atoms with van der Waals surface area (Å²) in [6, 6.07) is 12.8.